The van der Waals surface area contributed by atoms with Crippen molar-refractivity contribution in [1.82, 2.24) is 9.55 Å². The van der Waals surface area contributed by atoms with Crippen molar-refractivity contribution in [3.63, 3.8) is 0 Å². The maximum absolute atomic E-state index is 12.7. The van der Waals surface area contributed by atoms with Gasteiger partial charge in [-0.25, -0.2) is 4.79 Å². The van der Waals surface area contributed by atoms with Crippen LogP contribution in [0, 0.1) is 12.3 Å². The summed E-state index contributed by atoms with van der Waals surface area (Å²) in [6, 6.07) is 5.49. The van der Waals surface area contributed by atoms with E-state index in [0.29, 0.717) is 24.1 Å². The molecule has 2 saturated heterocycles. The number of hydrogen-bond donors (Lipinski definition) is 1. The molecule has 1 aromatic heterocycles. The Labute approximate surface area is 145 Å². The quantitative estimate of drug-likeness (QED) is 0.904. The zero-order chi connectivity index (χ0) is 17.4. The van der Waals surface area contributed by atoms with Gasteiger partial charge in [0.05, 0.1) is 30.2 Å². The van der Waals surface area contributed by atoms with Gasteiger partial charge in [0.2, 0.25) is 0 Å². The van der Waals surface area contributed by atoms with Crippen LogP contribution in [-0.4, -0.2) is 35.5 Å². The number of aromatic amines is 1. The minimum Gasteiger partial charge on any atom is -0.381 e. The minimum absolute atomic E-state index is 0.0884. The number of fused-ring (bicyclic) bond motifs is 1. The van der Waals surface area contributed by atoms with Crippen LogP contribution < -0.4 is 11.2 Å². The summed E-state index contributed by atoms with van der Waals surface area (Å²) < 4.78 is 12.8. The van der Waals surface area contributed by atoms with Crippen molar-refractivity contribution in [1.29, 1.82) is 0 Å². The molecule has 2 aliphatic rings. The lowest BCUT2D eigenvalue weighted by Crippen LogP contribution is -2.44. The molecule has 2 aliphatic heterocycles. The highest BCUT2D eigenvalue weighted by Crippen LogP contribution is 2.39. The van der Waals surface area contributed by atoms with Gasteiger partial charge in [-0.05, 0) is 50.2 Å². The average molecular weight is 344 g/mol. The van der Waals surface area contributed by atoms with E-state index in [2.05, 4.69) is 4.98 Å². The standard InChI is InChI=1S/C19H24N2O4/c1-13-2-3-16-15(10-13)17(22)21(18(23)20-16)11-14-4-5-19(12-25-14)6-8-24-9-7-19/h2-3,10,14H,4-9,11-12H2,1H3,(H,20,23). The molecule has 0 radical (unpaired) electrons. The number of ether oxygens (including phenoxy) is 2. The van der Waals surface area contributed by atoms with E-state index >= 15 is 0 Å². The van der Waals surface area contributed by atoms with Crippen LogP contribution in [0.4, 0.5) is 0 Å². The van der Waals surface area contributed by atoms with Crippen molar-refractivity contribution in [3.8, 4) is 0 Å². The third kappa shape index (κ3) is 3.16. The molecule has 6 nitrogen and oxygen atoms in total. The summed E-state index contributed by atoms with van der Waals surface area (Å²) >= 11 is 0. The lowest BCUT2D eigenvalue weighted by Gasteiger charge is -2.42. The molecule has 1 atom stereocenters. The summed E-state index contributed by atoms with van der Waals surface area (Å²) in [7, 11) is 0. The summed E-state index contributed by atoms with van der Waals surface area (Å²) in [5, 5.41) is 0.552. The van der Waals surface area contributed by atoms with Gasteiger partial charge >= 0.3 is 5.69 Å². The van der Waals surface area contributed by atoms with E-state index in [4.69, 9.17) is 9.47 Å². The largest absolute Gasteiger partial charge is 0.381 e. The fourth-order valence-electron chi connectivity index (χ4n) is 3.99. The predicted molar refractivity (Wildman–Crippen MR) is 95.0 cm³/mol. The van der Waals surface area contributed by atoms with Crippen LogP contribution in [0.25, 0.3) is 10.9 Å². The summed E-state index contributed by atoms with van der Waals surface area (Å²) in [6.45, 7) is 4.55. The Bertz CT molecular complexity index is 882. The lowest BCUT2D eigenvalue weighted by molar-refractivity contribution is -0.109. The summed E-state index contributed by atoms with van der Waals surface area (Å²) in [4.78, 5) is 27.9. The maximum atomic E-state index is 12.7. The highest BCUT2D eigenvalue weighted by Gasteiger charge is 2.37. The Morgan fingerprint density at radius 2 is 2.04 bits per heavy atom. The topological polar surface area (TPSA) is 73.3 Å². The Morgan fingerprint density at radius 3 is 2.76 bits per heavy atom. The van der Waals surface area contributed by atoms with Gasteiger partial charge in [-0.2, -0.15) is 0 Å². The summed E-state index contributed by atoms with van der Waals surface area (Å²) in [6.07, 6.45) is 3.93. The van der Waals surface area contributed by atoms with Crippen molar-refractivity contribution >= 4 is 10.9 Å². The maximum Gasteiger partial charge on any atom is 0.328 e. The molecule has 1 aromatic carbocycles. The van der Waals surface area contributed by atoms with Crippen LogP contribution in [0.2, 0.25) is 0 Å². The van der Waals surface area contributed by atoms with E-state index in [1.807, 2.05) is 19.1 Å². The van der Waals surface area contributed by atoms with Gasteiger partial charge in [0, 0.05) is 13.2 Å². The minimum atomic E-state index is -0.365. The van der Waals surface area contributed by atoms with Gasteiger partial charge in [-0.15, -0.1) is 0 Å². The van der Waals surface area contributed by atoms with Crippen LogP contribution in [-0.2, 0) is 16.0 Å². The molecule has 1 unspecified atom stereocenters. The van der Waals surface area contributed by atoms with Crippen LogP contribution in [0.1, 0.15) is 31.2 Å². The number of rotatable bonds is 2. The van der Waals surface area contributed by atoms with E-state index in [9.17, 15) is 9.59 Å². The molecule has 3 heterocycles. The van der Waals surface area contributed by atoms with E-state index in [1.54, 1.807) is 6.07 Å². The monoisotopic (exact) mass is 344 g/mol. The summed E-state index contributed by atoms with van der Waals surface area (Å²) in [5.74, 6) is 0. The molecular weight excluding hydrogens is 320 g/mol. The molecule has 1 spiro atoms. The molecule has 0 amide bonds. The zero-order valence-electron chi connectivity index (χ0n) is 14.5. The molecular formula is C19H24N2O4. The van der Waals surface area contributed by atoms with Crippen LogP contribution >= 0.6 is 0 Å². The van der Waals surface area contributed by atoms with E-state index in [0.717, 1.165) is 44.5 Å². The summed E-state index contributed by atoms with van der Waals surface area (Å²) in [5.41, 5.74) is 1.21. The molecule has 0 bridgehead atoms. The van der Waals surface area contributed by atoms with Gasteiger partial charge in [0.25, 0.3) is 5.56 Å². The number of aryl methyl sites for hydroxylation is 1. The number of nitrogens with one attached hydrogen (secondary N) is 1. The smallest absolute Gasteiger partial charge is 0.328 e. The molecule has 6 heteroatoms. The molecule has 2 aromatic rings. The van der Waals surface area contributed by atoms with Gasteiger partial charge in [-0.1, -0.05) is 11.6 Å². The number of nitrogens with zero attached hydrogens (tertiary/aromatic N) is 1. The second kappa shape index (κ2) is 6.42. The Morgan fingerprint density at radius 1 is 1.24 bits per heavy atom. The van der Waals surface area contributed by atoms with Crippen molar-refractivity contribution in [2.45, 2.75) is 45.3 Å². The number of aromatic nitrogens is 2. The molecule has 4 rings (SSSR count). The molecule has 1 N–H and O–H groups in total. The average Bonchev–Trinajstić information content (AvgIpc) is 2.62. The molecule has 0 saturated carbocycles. The Balaban J connectivity index is 1.55. The molecule has 134 valence electrons. The number of hydrogen-bond acceptors (Lipinski definition) is 4. The Kier molecular flexibility index (Phi) is 4.25. The highest BCUT2D eigenvalue weighted by molar-refractivity contribution is 5.77. The number of benzene rings is 1. The first kappa shape index (κ1) is 16.5. The van der Waals surface area contributed by atoms with E-state index in [1.165, 1.54) is 4.57 Å². The second-order valence-electron chi connectivity index (χ2n) is 7.48. The van der Waals surface area contributed by atoms with E-state index < -0.39 is 0 Å². The van der Waals surface area contributed by atoms with E-state index in [-0.39, 0.29) is 22.8 Å². The van der Waals surface area contributed by atoms with Crippen molar-refractivity contribution in [3.05, 3.63) is 44.6 Å². The zero-order valence-corrected chi connectivity index (χ0v) is 14.5. The second-order valence-corrected chi connectivity index (χ2v) is 7.48. The van der Waals surface area contributed by atoms with Crippen LogP contribution in [0.5, 0.6) is 0 Å². The molecule has 2 fully saturated rings. The Hall–Kier alpha value is -1.92. The fourth-order valence-corrected chi connectivity index (χ4v) is 3.99. The van der Waals surface area contributed by atoms with Crippen LogP contribution in [0.15, 0.2) is 27.8 Å². The molecule has 0 aliphatic carbocycles. The first-order chi connectivity index (χ1) is 12.1. The fraction of sp³-hybridized carbons (Fsp3) is 0.579. The lowest BCUT2D eigenvalue weighted by atomic mass is 9.75. The predicted octanol–water partition coefficient (Wildman–Crippen LogP) is 1.97. The van der Waals surface area contributed by atoms with Crippen LogP contribution in [0.3, 0.4) is 0 Å². The SMILES string of the molecule is Cc1ccc2[nH]c(=O)n(CC3CCC4(CCOCC4)CO3)c(=O)c2c1. The van der Waals surface area contributed by atoms with Crippen molar-refractivity contribution in [2.75, 3.05) is 19.8 Å². The first-order valence-corrected chi connectivity index (χ1v) is 8.99. The van der Waals surface area contributed by atoms with Crippen molar-refractivity contribution < 1.29 is 9.47 Å². The molecule has 25 heavy (non-hydrogen) atoms. The third-order valence-corrected chi connectivity index (χ3v) is 5.70. The van der Waals surface area contributed by atoms with Gasteiger partial charge in [0.1, 0.15) is 0 Å². The highest BCUT2D eigenvalue weighted by atomic mass is 16.5. The van der Waals surface area contributed by atoms with Gasteiger partial charge in [-0.3, -0.25) is 9.36 Å². The first-order valence-electron chi connectivity index (χ1n) is 8.99. The normalized spacial score (nSPS) is 23.2. The number of H-pyrrole nitrogens is 1. The van der Waals surface area contributed by atoms with Gasteiger partial charge < -0.3 is 14.5 Å². The third-order valence-electron chi connectivity index (χ3n) is 5.70. The van der Waals surface area contributed by atoms with Gasteiger partial charge in [0.15, 0.2) is 0 Å². The van der Waals surface area contributed by atoms with Crippen molar-refractivity contribution in [2.24, 2.45) is 5.41 Å².